The normalized spacial score (nSPS) is 19.3. The summed E-state index contributed by atoms with van der Waals surface area (Å²) in [5.41, 5.74) is 3.83. The van der Waals surface area contributed by atoms with Gasteiger partial charge in [-0.15, -0.1) is 0 Å². The van der Waals surface area contributed by atoms with Crippen molar-refractivity contribution in [1.29, 1.82) is 0 Å². The lowest BCUT2D eigenvalue weighted by molar-refractivity contribution is -0.129. The van der Waals surface area contributed by atoms with E-state index >= 15 is 0 Å². The summed E-state index contributed by atoms with van der Waals surface area (Å²) in [4.78, 5) is 12.6. The lowest BCUT2D eigenvalue weighted by Crippen LogP contribution is -2.55. The minimum absolute atomic E-state index is 0.0568. The van der Waals surface area contributed by atoms with Gasteiger partial charge in [-0.2, -0.15) is 5.10 Å². The molecule has 4 rings (SSSR count). The van der Waals surface area contributed by atoms with Gasteiger partial charge in [-0.05, 0) is 19.1 Å². The summed E-state index contributed by atoms with van der Waals surface area (Å²) < 4.78 is 7.43. The molecule has 0 aliphatic carbocycles. The molecule has 0 radical (unpaired) electrons. The van der Waals surface area contributed by atoms with Gasteiger partial charge in [0, 0.05) is 30.4 Å². The second-order valence-electron chi connectivity index (χ2n) is 6.87. The number of ether oxygens (including phenoxy) is 1. The number of morpholine rings is 1. The van der Waals surface area contributed by atoms with E-state index in [-0.39, 0.29) is 18.1 Å². The van der Waals surface area contributed by atoms with Crippen LogP contribution in [0.15, 0.2) is 66.9 Å². The zero-order valence-electron chi connectivity index (χ0n) is 15.8. The van der Waals surface area contributed by atoms with Gasteiger partial charge in [-0.3, -0.25) is 4.79 Å². The molecule has 1 aliphatic rings. The Labute approximate surface area is 164 Å². The van der Waals surface area contributed by atoms with Crippen molar-refractivity contribution in [2.75, 3.05) is 13.2 Å². The zero-order valence-corrected chi connectivity index (χ0v) is 15.8. The van der Waals surface area contributed by atoms with Crippen LogP contribution in [0, 0.1) is 0 Å². The summed E-state index contributed by atoms with van der Waals surface area (Å²) in [6.07, 6.45) is 1.83. The second-order valence-corrected chi connectivity index (χ2v) is 6.87. The number of para-hydroxylation sites is 1. The topological polar surface area (TPSA) is 68.2 Å². The highest BCUT2D eigenvalue weighted by Gasteiger charge is 2.28. The molecule has 2 atom stereocenters. The predicted octanol–water partition coefficient (Wildman–Crippen LogP) is 2.53. The average molecular weight is 376 g/mol. The van der Waals surface area contributed by atoms with Crippen molar-refractivity contribution < 1.29 is 9.53 Å². The summed E-state index contributed by atoms with van der Waals surface area (Å²) in [7, 11) is 0. The van der Waals surface area contributed by atoms with Crippen LogP contribution in [0.4, 0.5) is 0 Å². The van der Waals surface area contributed by atoms with Crippen LogP contribution in [0.3, 0.4) is 0 Å². The summed E-state index contributed by atoms with van der Waals surface area (Å²) in [5.74, 6) is -0.0568. The molecule has 0 spiro atoms. The molecule has 2 heterocycles. The quantitative estimate of drug-likeness (QED) is 0.718. The van der Waals surface area contributed by atoms with Crippen LogP contribution in [0.25, 0.3) is 16.9 Å². The van der Waals surface area contributed by atoms with Gasteiger partial charge in [-0.25, -0.2) is 4.68 Å². The van der Waals surface area contributed by atoms with E-state index in [1.807, 2.05) is 78.5 Å². The third-order valence-corrected chi connectivity index (χ3v) is 4.91. The number of carbonyl (C=O) groups excluding carboxylic acids is 1. The Morgan fingerprint density at radius 3 is 2.61 bits per heavy atom. The molecule has 2 aromatic carbocycles. The highest BCUT2D eigenvalue weighted by molar-refractivity contribution is 5.82. The monoisotopic (exact) mass is 376 g/mol. The lowest BCUT2D eigenvalue weighted by Gasteiger charge is -2.29. The van der Waals surface area contributed by atoms with Gasteiger partial charge in [0.2, 0.25) is 5.91 Å². The molecule has 6 heteroatoms. The molecule has 0 unspecified atom stereocenters. The molecule has 28 heavy (non-hydrogen) atoms. The molecule has 1 fully saturated rings. The first-order valence-electron chi connectivity index (χ1n) is 9.54. The number of hydrogen-bond acceptors (Lipinski definition) is 4. The molecule has 1 saturated heterocycles. The molecule has 2 N–H and O–H groups in total. The van der Waals surface area contributed by atoms with Gasteiger partial charge in [0.05, 0.1) is 24.1 Å². The maximum atomic E-state index is 12.6. The zero-order chi connectivity index (χ0) is 19.3. The summed E-state index contributed by atoms with van der Waals surface area (Å²) in [5, 5.41) is 11.0. The molecule has 0 bridgehead atoms. The van der Waals surface area contributed by atoms with Crippen molar-refractivity contribution in [3.63, 3.8) is 0 Å². The standard InChI is InChI=1S/C22H24N4O2/c1-16-20(23-12-13-28-16)22(27)24-14-18-15-26(19-10-6-3-7-11-19)25-21(18)17-8-4-2-5-9-17/h2-11,15-16,20,23H,12-14H2,1H3,(H,24,27)/t16-,20+/m1/s1. The fourth-order valence-corrected chi connectivity index (χ4v) is 3.41. The summed E-state index contributed by atoms with van der Waals surface area (Å²) in [6, 6.07) is 19.6. The van der Waals surface area contributed by atoms with E-state index in [4.69, 9.17) is 9.84 Å². The Kier molecular flexibility index (Phi) is 5.50. The van der Waals surface area contributed by atoms with Crippen molar-refractivity contribution in [1.82, 2.24) is 20.4 Å². The highest BCUT2D eigenvalue weighted by atomic mass is 16.5. The molecule has 1 aromatic heterocycles. The second kappa shape index (κ2) is 8.37. The van der Waals surface area contributed by atoms with Gasteiger partial charge in [0.15, 0.2) is 0 Å². The Morgan fingerprint density at radius 1 is 1.18 bits per heavy atom. The van der Waals surface area contributed by atoms with Crippen molar-refractivity contribution in [2.24, 2.45) is 0 Å². The third kappa shape index (κ3) is 3.98. The van der Waals surface area contributed by atoms with Crippen molar-refractivity contribution in [3.05, 3.63) is 72.4 Å². The van der Waals surface area contributed by atoms with E-state index in [1.165, 1.54) is 0 Å². The van der Waals surface area contributed by atoms with Gasteiger partial charge in [-0.1, -0.05) is 48.5 Å². The fourth-order valence-electron chi connectivity index (χ4n) is 3.41. The smallest absolute Gasteiger partial charge is 0.240 e. The minimum Gasteiger partial charge on any atom is -0.375 e. The first-order valence-corrected chi connectivity index (χ1v) is 9.54. The largest absolute Gasteiger partial charge is 0.375 e. The number of amides is 1. The Morgan fingerprint density at radius 2 is 1.89 bits per heavy atom. The van der Waals surface area contributed by atoms with Gasteiger partial charge < -0.3 is 15.4 Å². The van der Waals surface area contributed by atoms with E-state index < -0.39 is 0 Å². The SMILES string of the molecule is C[C@H]1OCCN[C@@H]1C(=O)NCc1cn(-c2ccccc2)nc1-c1ccccc1. The van der Waals surface area contributed by atoms with E-state index in [9.17, 15) is 4.79 Å². The van der Waals surface area contributed by atoms with Gasteiger partial charge in [0.1, 0.15) is 6.04 Å². The molecule has 6 nitrogen and oxygen atoms in total. The lowest BCUT2D eigenvalue weighted by atomic mass is 10.1. The molecule has 1 aliphatic heterocycles. The van der Waals surface area contributed by atoms with Crippen LogP contribution in [-0.2, 0) is 16.1 Å². The predicted molar refractivity (Wildman–Crippen MR) is 108 cm³/mol. The van der Waals surface area contributed by atoms with Gasteiger partial charge >= 0.3 is 0 Å². The number of benzene rings is 2. The highest BCUT2D eigenvalue weighted by Crippen LogP contribution is 2.23. The number of hydrogen-bond donors (Lipinski definition) is 2. The minimum atomic E-state index is -0.335. The maximum absolute atomic E-state index is 12.6. The van der Waals surface area contributed by atoms with E-state index in [0.29, 0.717) is 19.7 Å². The number of aromatic nitrogens is 2. The Balaban J connectivity index is 1.58. The van der Waals surface area contributed by atoms with E-state index in [2.05, 4.69) is 10.6 Å². The van der Waals surface area contributed by atoms with Crippen LogP contribution < -0.4 is 10.6 Å². The number of rotatable bonds is 5. The first kappa shape index (κ1) is 18.4. The fraction of sp³-hybridized carbons (Fsp3) is 0.273. The molecule has 1 amide bonds. The third-order valence-electron chi connectivity index (χ3n) is 4.91. The van der Waals surface area contributed by atoms with Crippen LogP contribution in [-0.4, -0.2) is 41.0 Å². The first-order chi connectivity index (χ1) is 13.7. The number of nitrogens with zero attached hydrogens (tertiary/aromatic N) is 2. The maximum Gasteiger partial charge on any atom is 0.240 e. The summed E-state index contributed by atoms with van der Waals surface area (Å²) >= 11 is 0. The van der Waals surface area contributed by atoms with E-state index in [0.717, 1.165) is 22.5 Å². The molecule has 144 valence electrons. The molecular formula is C22H24N4O2. The summed E-state index contributed by atoms with van der Waals surface area (Å²) in [6.45, 7) is 3.64. The molecular weight excluding hydrogens is 352 g/mol. The Hall–Kier alpha value is -2.96. The van der Waals surface area contributed by atoms with Crippen LogP contribution >= 0.6 is 0 Å². The molecule has 3 aromatic rings. The van der Waals surface area contributed by atoms with Crippen LogP contribution in [0.2, 0.25) is 0 Å². The van der Waals surface area contributed by atoms with Crippen molar-refractivity contribution in [2.45, 2.75) is 25.6 Å². The number of nitrogens with one attached hydrogen (secondary N) is 2. The van der Waals surface area contributed by atoms with Crippen molar-refractivity contribution in [3.8, 4) is 16.9 Å². The van der Waals surface area contributed by atoms with Crippen LogP contribution in [0.5, 0.6) is 0 Å². The van der Waals surface area contributed by atoms with Crippen LogP contribution in [0.1, 0.15) is 12.5 Å². The van der Waals surface area contributed by atoms with Gasteiger partial charge in [0.25, 0.3) is 0 Å². The number of carbonyl (C=O) groups is 1. The van der Waals surface area contributed by atoms with E-state index in [1.54, 1.807) is 0 Å². The van der Waals surface area contributed by atoms with Crippen molar-refractivity contribution >= 4 is 5.91 Å². The Bertz CT molecular complexity index is 924. The average Bonchev–Trinajstić information content (AvgIpc) is 3.18. The molecule has 0 saturated carbocycles.